The second-order valence-corrected chi connectivity index (χ2v) is 4.97. The fraction of sp³-hybridized carbons (Fsp3) is 0.357. The van der Waals surface area contributed by atoms with Gasteiger partial charge in [-0.2, -0.15) is 4.98 Å². The largest absolute Gasteiger partial charge is 0.370 e. The zero-order valence-electron chi connectivity index (χ0n) is 11.8. The van der Waals surface area contributed by atoms with Gasteiger partial charge in [0.15, 0.2) is 0 Å². The number of nitrogens with one attached hydrogen (secondary N) is 1. The van der Waals surface area contributed by atoms with E-state index in [1.807, 2.05) is 26.0 Å². The van der Waals surface area contributed by atoms with Gasteiger partial charge in [0, 0.05) is 17.9 Å². The summed E-state index contributed by atoms with van der Waals surface area (Å²) >= 11 is 6.16. The molecule has 6 heteroatoms. The first-order valence-electron chi connectivity index (χ1n) is 6.45. The molecule has 0 atom stereocenters. The SMILES string of the molecule is CCNc1ccc(Cl)c(Cn2c(C)cc(C)nc2=O)n1. The molecule has 0 saturated heterocycles. The van der Waals surface area contributed by atoms with Crippen molar-refractivity contribution >= 4 is 17.4 Å². The topological polar surface area (TPSA) is 59.8 Å². The van der Waals surface area contributed by atoms with Crippen LogP contribution in [0.1, 0.15) is 24.0 Å². The van der Waals surface area contributed by atoms with E-state index < -0.39 is 0 Å². The van der Waals surface area contributed by atoms with Crippen LogP contribution in [0.4, 0.5) is 5.82 Å². The first kappa shape index (κ1) is 14.5. The summed E-state index contributed by atoms with van der Waals surface area (Å²) in [5.74, 6) is 0.748. The van der Waals surface area contributed by atoms with Gasteiger partial charge in [-0.25, -0.2) is 9.78 Å². The second kappa shape index (κ2) is 6.05. The lowest BCUT2D eigenvalue weighted by atomic mass is 10.3. The van der Waals surface area contributed by atoms with Crippen molar-refractivity contribution in [3.8, 4) is 0 Å². The third-order valence-electron chi connectivity index (χ3n) is 2.93. The number of aromatic nitrogens is 3. The Bertz CT molecular complexity index is 681. The Morgan fingerprint density at radius 2 is 2.05 bits per heavy atom. The number of hydrogen-bond donors (Lipinski definition) is 1. The number of anilines is 1. The molecule has 0 spiro atoms. The Hall–Kier alpha value is -1.88. The summed E-state index contributed by atoms with van der Waals surface area (Å²) in [6.07, 6.45) is 0. The average Bonchev–Trinajstić information content (AvgIpc) is 2.37. The molecule has 0 fully saturated rings. The quantitative estimate of drug-likeness (QED) is 0.940. The van der Waals surface area contributed by atoms with Crippen LogP contribution in [0.15, 0.2) is 23.0 Å². The molecule has 0 amide bonds. The maximum atomic E-state index is 12.0. The van der Waals surface area contributed by atoms with E-state index >= 15 is 0 Å². The number of nitrogens with zero attached hydrogens (tertiary/aromatic N) is 3. The summed E-state index contributed by atoms with van der Waals surface area (Å²) < 4.78 is 1.57. The summed E-state index contributed by atoms with van der Waals surface area (Å²) in [5, 5.41) is 3.67. The molecule has 2 rings (SSSR count). The fourth-order valence-electron chi connectivity index (χ4n) is 1.99. The van der Waals surface area contributed by atoms with E-state index in [1.54, 1.807) is 17.6 Å². The molecule has 2 aromatic rings. The van der Waals surface area contributed by atoms with Crippen LogP contribution in [0, 0.1) is 13.8 Å². The van der Waals surface area contributed by atoms with Crippen molar-refractivity contribution < 1.29 is 0 Å². The van der Waals surface area contributed by atoms with Gasteiger partial charge in [0.2, 0.25) is 0 Å². The monoisotopic (exact) mass is 292 g/mol. The lowest BCUT2D eigenvalue weighted by Gasteiger charge is -2.12. The van der Waals surface area contributed by atoms with Crippen LogP contribution in [-0.4, -0.2) is 21.1 Å². The summed E-state index contributed by atoms with van der Waals surface area (Å²) in [6.45, 7) is 6.76. The molecule has 0 aliphatic heterocycles. The first-order chi connectivity index (χ1) is 9.51. The van der Waals surface area contributed by atoms with Gasteiger partial charge < -0.3 is 5.32 Å². The van der Waals surface area contributed by atoms with E-state index in [-0.39, 0.29) is 5.69 Å². The average molecular weight is 293 g/mol. The van der Waals surface area contributed by atoms with Gasteiger partial charge in [-0.05, 0) is 39.0 Å². The third-order valence-corrected chi connectivity index (χ3v) is 3.27. The fourth-order valence-corrected chi connectivity index (χ4v) is 2.16. The van der Waals surface area contributed by atoms with Gasteiger partial charge in [0.1, 0.15) is 5.82 Å². The Balaban J connectivity index is 2.39. The minimum absolute atomic E-state index is 0.283. The minimum Gasteiger partial charge on any atom is -0.370 e. The van der Waals surface area contributed by atoms with Gasteiger partial charge in [0.25, 0.3) is 0 Å². The standard InChI is InChI=1S/C14H17ClN4O/c1-4-16-13-6-5-11(15)12(18-13)8-19-10(3)7-9(2)17-14(19)20/h5-7H,4,8H2,1-3H3,(H,16,18). The number of rotatable bonds is 4. The van der Waals surface area contributed by atoms with E-state index in [2.05, 4.69) is 15.3 Å². The van der Waals surface area contributed by atoms with Crippen LogP contribution in [-0.2, 0) is 6.54 Å². The lowest BCUT2D eigenvalue weighted by Crippen LogP contribution is -2.26. The Labute approximate surface area is 122 Å². The Morgan fingerprint density at radius 3 is 2.70 bits per heavy atom. The molecule has 20 heavy (non-hydrogen) atoms. The molecular weight excluding hydrogens is 276 g/mol. The van der Waals surface area contributed by atoms with Gasteiger partial charge in [-0.3, -0.25) is 4.57 Å². The van der Waals surface area contributed by atoms with Crippen LogP contribution < -0.4 is 11.0 Å². The van der Waals surface area contributed by atoms with Gasteiger partial charge in [0.05, 0.1) is 17.3 Å². The normalized spacial score (nSPS) is 10.6. The molecule has 0 unspecified atom stereocenters. The number of pyridine rings is 1. The highest BCUT2D eigenvalue weighted by atomic mass is 35.5. The summed E-state index contributed by atoms with van der Waals surface area (Å²) in [4.78, 5) is 20.3. The molecule has 106 valence electrons. The molecule has 0 saturated carbocycles. The van der Waals surface area contributed by atoms with E-state index in [9.17, 15) is 4.79 Å². The highest BCUT2D eigenvalue weighted by Crippen LogP contribution is 2.17. The zero-order valence-corrected chi connectivity index (χ0v) is 12.5. The number of hydrogen-bond acceptors (Lipinski definition) is 4. The molecule has 0 aromatic carbocycles. The van der Waals surface area contributed by atoms with E-state index in [4.69, 9.17) is 11.6 Å². The molecule has 2 heterocycles. The predicted octanol–water partition coefficient (Wildman–Crippen LogP) is 2.39. The molecule has 0 bridgehead atoms. The van der Waals surface area contributed by atoms with Crippen molar-refractivity contribution in [3.05, 3.63) is 50.8 Å². The summed E-state index contributed by atoms with van der Waals surface area (Å²) in [7, 11) is 0. The third kappa shape index (κ3) is 3.17. The van der Waals surface area contributed by atoms with Gasteiger partial charge in [-0.1, -0.05) is 11.6 Å². The summed E-state index contributed by atoms with van der Waals surface area (Å²) in [5.41, 5.74) is 1.92. The molecule has 2 aromatic heterocycles. The van der Waals surface area contributed by atoms with Gasteiger partial charge >= 0.3 is 5.69 Å². The predicted molar refractivity (Wildman–Crippen MR) is 80.5 cm³/mol. The van der Waals surface area contributed by atoms with Crippen molar-refractivity contribution in [1.82, 2.24) is 14.5 Å². The van der Waals surface area contributed by atoms with Crippen molar-refractivity contribution in [2.45, 2.75) is 27.3 Å². The van der Waals surface area contributed by atoms with Crippen molar-refractivity contribution in [2.24, 2.45) is 0 Å². The van der Waals surface area contributed by atoms with Crippen LogP contribution >= 0.6 is 11.6 Å². The molecule has 5 nitrogen and oxygen atoms in total. The maximum absolute atomic E-state index is 12.0. The van der Waals surface area contributed by atoms with Crippen LogP contribution in [0.3, 0.4) is 0 Å². The highest BCUT2D eigenvalue weighted by Gasteiger charge is 2.09. The number of aryl methyl sites for hydroxylation is 2. The highest BCUT2D eigenvalue weighted by molar-refractivity contribution is 6.31. The first-order valence-corrected chi connectivity index (χ1v) is 6.83. The van der Waals surface area contributed by atoms with Gasteiger partial charge in [-0.15, -0.1) is 0 Å². The van der Waals surface area contributed by atoms with E-state index in [0.717, 1.165) is 18.1 Å². The minimum atomic E-state index is -0.283. The van der Waals surface area contributed by atoms with Crippen molar-refractivity contribution in [1.29, 1.82) is 0 Å². The van der Waals surface area contributed by atoms with Crippen molar-refractivity contribution in [3.63, 3.8) is 0 Å². The number of halogens is 1. The molecule has 0 aliphatic rings. The lowest BCUT2D eigenvalue weighted by molar-refractivity contribution is 0.681. The molecular formula is C14H17ClN4O. The second-order valence-electron chi connectivity index (χ2n) is 4.56. The maximum Gasteiger partial charge on any atom is 0.348 e. The molecule has 0 radical (unpaired) electrons. The molecule has 0 aliphatic carbocycles. The van der Waals surface area contributed by atoms with E-state index in [0.29, 0.717) is 23.0 Å². The Kier molecular flexibility index (Phi) is 4.39. The zero-order chi connectivity index (χ0) is 14.7. The summed E-state index contributed by atoms with van der Waals surface area (Å²) in [6, 6.07) is 5.46. The Morgan fingerprint density at radius 1 is 1.30 bits per heavy atom. The van der Waals surface area contributed by atoms with Crippen LogP contribution in [0.25, 0.3) is 0 Å². The van der Waals surface area contributed by atoms with Crippen LogP contribution in [0.2, 0.25) is 5.02 Å². The van der Waals surface area contributed by atoms with Crippen LogP contribution in [0.5, 0.6) is 0 Å². The van der Waals surface area contributed by atoms with E-state index in [1.165, 1.54) is 0 Å². The van der Waals surface area contributed by atoms with Crippen molar-refractivity contribution in [2.75, 3.05) is 11.9 Å². The smallest absolute Gasteiger partial charge is 0.348 e. The molecule has 1 N–H and O–H groups in total.